The Hall–Kier alpha value is -0.920. The van der Waals surface area contributed by atoms with E-state index >= 15 is 0 Å². The Morgan fingerprint density at radius 1 is 1.33 bits per heavy atom. The van der Waals surface area contributed by atoms with Crippen LogP contribution in [0.5, 0.6) is 0 Å². The first-order valence-corrected chi connectivity index (χ1v) is 3.07. The van der Waals surface area contributed by atoms with Crippen LogP contribution in [0.15, 0.2) is 29.5 Å². The SMILES string of the molecule is O=NCCC1C=CC=C1. The molecule has 2 nitrogen and oxygen atoms in total. The molecule has 1 rings (SSSR count). The lowest BCUT2D eigenvalue weighted by atomic mass is 10.1. The van der Waals surface area contributed by atoms with Crippen molar-refractivity contribution in [1.29, 1.82) is 0 Å². The van der Waals surface area contributed by atoms with Gasteiger partial charge in [-0.25, -0.2) is 0 Å². The van der Waals surface area contributed by atoms with Gasteiger partial charge in [-0.3, -0.25) is 0 Å². The predicted molar refractivity (Wildman–Crippen MR) is 37.0 cm³/mol. The van der Waals surface area contributed by atoms with Crippen molar-refractivity contribution in [2.45, 2.75) is 6.42 Å². The molecule has 0 spiro atoms. The summed E-state index contributed by atoms with van der Waals surface area (Å²) in [5.41, 5.74) is 0. The molecule has 1 aliphatic rings. The molecule has 0 unspecified atom stereocenters. The van der Waals surface area contributed by atoms with Crippen molar-refractivity contribution in [3.05, 3.63) is 29.2 Å². The molecule has 0 amide bonds. The molecular formula is C7H9NO. The number of nitrogens with zero attached hydrogens (tertiary/aromatic N) is 1. The third-order valence-electron chi connectivity index (χ3n) is 1.38. The topological polar surface area (TPSA) is 29.4 Å². The number of nitroso groups, excluding NO2 is 1. The molecule has 9 heavy (non-hydrogen) atoms. The van der Waals surface area contributed by atoms with Gasteiger partial charge >= 0.3 is 0 Å². The molecule has 0 heterocycles. The van der Waals surface area contributed by atoms with Gasteiger partial charge in [0.25, 0.3) is 0 Å². The third kappa shape index (κ3) is 1.80. The first-order valence-electron chi connectivity index (χ1n) is 3.07. The van der Waals surface area contributed by atoms with Crippen LogP contribution in [0.2, 0.25) is 0 Å². The second-order valence-corrected chi connectivity index (χ2v) is 2.08. The highest BCUT2D eigenvalue weighted by Gasteiger charge is 2.01. The highest BCUT2D eigenvalue weighted by Crippen LogP contribution is 2.12. The largest absolute Gasteiger partial charge is 0.151 e. The molecule has 0 aromatic heterocycles. The third-order valence-corrected chi connectivity index (χ3v) is 1.38. The van der Waals surface area contributed by atoms with Crippen LogP contribution in [0.25, 0.3) is 0 Å². The molecule has 0 aromatic carbocycles. The number of rotatable bonds is 3. The van der Waals surface area contributed by atoms with E-state index in [9.17, 15) is 4.91 Å². The molecule has 0 saturated carbocycles. The average molecular weight is 123 g/mol. The zero-order valence-electron chi connectivity index (χ0n) is 5.16. The summed E-state index contributed by atoms with van der Waals surface area (Å²) >= 11 is 0. The second-order valence-electron chi connectivity index (χ2n) is 2.08. The van der Waals surface area contributed by atoms with Crippen LogP contribution in [0.1, 0.15) is 6.42 Å². The van der Waals surface area contributed by atoms with E-state index in [2.05, 4.69) is 17.3 Å². The van der Waals surface area contributed by atoms with Crippen molar-refractivity contribution in [2.24, 2.45) is 11.1 Å². The van der Waals surface area contributed by atoms with Crippen molar-refractivity contribution in [3.8, 4) is 0 Å². The Morgan fingerprint density at radius 2 is 2.00 bits per heavy atom. The standard InChI is InChI=1S/C7H9NO/c9-8-6-5-7-3-1-2-4-7/h1-4,7H,5-6H2. The van der Waals surface area contributed by atoms with Crippen molar-refractivity contribution in [1.82, 2.24) is 0 Å². The van der Waals surface area contributed by atoms with Gasteiger partial charge in [0.05, 0.1) is 6.54 Å². The lowest BCUT2D eigenvalue weighted by Gasteiger charge is -1.97. The Bertz CT molecular complexity index is 137. The lowest BCUT2D eigenvalue weighted by molar-refractivity contribution is 0.726. The van der Waals surface area contributed by atoms with E-state index in [4.69, 9.17) is 0 Å². The van der Waals surface area contributed by atoms with Gasteiger partial charge in [-0.2, -0.15) is 4.91 Å². The van der Waals surface area contributed by atoms with E-state index in [1.54, 1.807) is 0 Å². The normalized spacial score (nSPS) is 16.9. The van der Waals surface area contributed by atoms with Crippen LogP contribution in [0, 0.1) is 10.8 Å². The Balaban J connectivity index is 2.20. The number of hydrogen-bond donors (Lipinski definition) is 0. The summed E-state index contributed by atoms with van der Waals surface area (Å²) in [4.78, 5) is 9.66. The van der Waals surface area contributed by atoms with Crippen LogP contribution in [-0.2, 0) is 0 Å². The summed E-state index contributed by atoms with van der Waals surface area (Å²) in [7, 11) is 0. The van der Waals surface area contributed by atoms with Crippen molar-refractivity contribution in [3.63, 3.8) is 0 Å². The van der Waals surface area contributed by atoms with E-state index in [1.165, 1.54) is 0 Å². The van der Waals surface area contributed by atoms with E-state index in [1.807, 2.05) is 12.2 Å². The summed E-state index contributed by atoms with van der Waals surface area (Å²) in [6.45, 7) is 0.430. The smallest absolute Gasteiger partial charge is 0.0819 e. The minimum atomic E-state index is 0.430. The Morgan fingerprint density at radius 3 is 2.56 bits per heavy atom. The summed E-state index contributed by atoms with van der Waals surface area (Å²) in [5.74, 6) is 0.461. The van der Waals surface area contributed by atoms with Crippen molar-refractivity contribution >= 4 is 0 Å². The maximum Gasteiger partial charge on any atom is 0.0819 e. The summed E-state index contributed by atoms with van der Waals surface area (Å²) < 4.78 is 0. The van der Waals surface area contributed by atoms with Gasteiger partial charge in [0.2, 0.25) is 0 Å². The molecule has 1 aliphatic carbocycles. The molecule has 0 N–H and O–H groups in total. The molecule has 0 radical (unpaired) electrons. The quantitative estimate of drug-likeness (QED) is 0.527. The summed E-state index contributed by atoms with van der Waals surface area (Å²) in [5, 5.41) is 2.78. The van der Waals surface area contributed by atoms with Crippen LogP contribution in [-0.4, -0.2) is 6.54 Å². The highest BCUT2D eigenvalue weighted by molar-refractivity contribution is 5.17. The van der Waals surface area contributed by atoms with E-state index < -0.39 is 0 Å². The summed E-state index contributed by atoms with van der Waals surface area (Å²) in [6, 6.07) is 0. The van der Waals surface area contributed by atoms with Crippen LogP contribution < -0.4 is 0 Å². The van der Waals surface area contributed by atoms with Gasteiger partial charge in [0.15, 0.2) is 0 Å². The second kappa shape index (κ2) is 3.17. The van der Waals surface area contributed by atoms with Crippen LogP contribution in [0.4, 0.5) is 0 Å². The Kier molecular flexibility index (Phi) is 2.19. The van der Waals surface area contributed by atoms with Crippen molar-refractivity contribution < 1.29 is 0 Å². The van der Waals surface area contributed by atoms with Crippen LogP contribution in [0.3, 0.4) is 0 Å². The van der Waals surface area contributed by atoms with Gasteiger partial charge in [-0.05, 0) is 12.3 Å². The minimum absolute atomic E-state index is 0.430. The van der Waals surface area contributed by atoms with Gasteiger partial charge in [0, 0.05) is 0 Å². The van der Waals surface area contributed by atoms with Gasteiger partial charge in [-0.15, -0.1) is 0 Å². The molecule has 0 bridgehead atoms. The zero-order chi connectivity index (χ0) is 6.53. The molecule has 48 valence electrons. The first kappa shape index (κ1) is 6.20. The van der Waals surface area contributed by atoms with E-state index in [0.29, 0.717) is 12.5 Å². The fourth-order valence-electron chi connectivity index (χ4n) is 0.872. The minimum Gasteiger partial charge on any atom is -0.151 e. The monoisotopic (exact) mass is 123 g/mol. The van der Waals surface area contributed by atoms with Crippen molar-refractivity contribution in [2.75, 3.05) is 6.54 Å². The maximum atomic E-state index is 9.66. The van der Waals surface area contributed by atoms with Crippen LogP contribution >= 0.6 is 0 Å². The molecule has 0 atom stereocenters. The highest BCUT2D eigenvalue weighted by atomic mass is 16.3. The van der Waals surface area contributed by atoms with E-state index in [-0.39, 0.29) is 0 Å². The first-order chi connectivity index (χ1) is 4.43. The fraction of sp³-hybridized carbons (Fsp3) is 0.429. The number of hydrogen-bond acceptors (Lipinski definition) is 2. The average Bonchev–Trinajstić information content (AvgIpc) is 2.34. The molecule has 0 saturated heterocycles. The number of allylic oxidation sites excluding steroid dienone is 4. The fourth-order valence-corrected chi connectivity index (χ4v) is 0.872. The zero-order valence-corrected chi connectivity index (χ0v) is 5.16. The summed E-state index contributed by atoms with van der Waals surface area (Å²) in [6.07, 6.45) is 9.00. The Labute approximate surface area is 54.2 Å². The lowest BCUT2D eigenvalue weighted by Crippen LogP contribution is -1.90. The molecule has 0 fully saturated rings. The predicted octanol–water partition coefficient (Wildman–Crippen LogP) is 1.89. The van der Waals surface area contributed by atoms with E-state index in [0.717, 1.165) is 6.42 Å². The van der Waals surface area contributed by atoms with Gasteiger partial charge < -0.3 is 0 Å². The molecular weight excluding hydrogens is 114 g/mol. The molecule has 2 heteroatoms. The molecule has 0 aliphatic heterocycles. The van der Waals surface area contributed by atoms with Gasteiger partial charge in [0.1, 0.15) is 0 Å². The molecule has 0 aromatic rings. The maximum absolute atomic E-state index is 9.66. The van der Waals surface area contributed by atoms with Gasteiger partial charge in [-0.1, -0.05) is 29.5 Å².